The van der Waals surface area contributed by atoms with Crippen molar-refractivity contribution in [1.82, 2.24) is 4.90 Å². The fourth-order valence-electron chi connectivity index (χ4n) is 1.89. The zero-order valence-corrected chi connectivity index (χ0v) is 9.69. The molecule has 3 nitrogen and oxygen atoms in total. The van der Waals surface area contributed by atoms with Crippen LogP contribution in [-0.4, -0.2) is 23.3 Å². The summed E-state index contributed by atoms with van der Waals surface area (Å²) in [7, 11) is 0. The molecule has 0 radical (unpaired) electrons. The summed E-state index contributed by atoms with van der Waals surface area (Å²) in [6.45, 7) is 2.23. The predicted molar refractivity (Wildman–Crippen MR) is 64.5 cm³/mol. The van der Waals surface area contributed by atoms with Gasteiger partial charge in [-0.05, 0) is 25.5 Å². The summed E-state index contributed by atoms with van der Waals surface area (Å²) < 4.78 is 0. The van der Waals surface area contributed by atoms with Crippen LogP contribution in [0, 0.1) is 11.8 Å². The third kappa shape index (κ3) is 2.07. The second kappa shape index (κ2) is 4.84. The van der Waals surface area contributed by atoms with E-state index < -0.39 is 0 Å². The summed E-state index contributed by atoms with van der Waals surface area (Å²) in [4.78, 5) is 25.2. The smallest absolute Gasteiger partial charge is 0.261 e. The summed E-state index contributed by atoms with van der Waals surface area (Å²) in [5.74, 6) is 5.35. The van der Waals surface area contributed by atoms with Gasteiger partial charge in [0.05, 0.1) is 11.1 Å². The molecule has 0 spiro atoms. The molecule has 17 heavy (non-hydrogen) atoms. The molecule has 0 aliphatic carbocycles. The van der Waals surface area contributed by atoms with Gasteiger partial charge in [0, 0.05) is 13.0 Å². The Balaban J connectivity index is 2.10. The van der Waals surface area contributed by atoms with Crippen LogP contribution in [0.2, 0.25) is 0 Å². The molecular weight excluding hydrogens is 214 g/mol. The Kier molecular flexibility index (Phi) is 3.24. The number of carbonyl (C=O) groups excluding carboxylic acids is 2. The second-order valence-corrected chi connectivity index (χ2v) is 3.84. The molecular formula is C14H13NO2. The van der Waals surface area contributed by atoms with Crippen molar-refractivity contribution in [1.29, 1.82) is 0 Å². The number of unbranched alkanes of at least 4 members (excludes halogenated alkanes) is 1. The van der Waals surface area contributed by atoms with Gasteiger partial charge in [-0.2, -0.15) is 0 Å². The van der Waals surface area contributed by atoms with Gasteiger partial charge >= 0.3 is 0 Å². The number of nitrogens with zero attached hydrogens (tertiary/aromatic N) is 1. The quantitative estimate of drug-likeness (QED) is 0.450. The Hall–Kier alpha value is -2.08. The number of rotatable bonds is 3. The highest BCUT2D eigenvalue weighted by Crippen LogP contribution is 2.22. The number of hydrogen-bond acceptors (Lipinski definition) is 2. The first-order valence-electron chi connectivity index (χ1n) is 5.60. The number of carbonyl (C=O) groups is 2. The van der Waals surface area contributed by atoms with Gasteiger partial charge < -0.3 is 0 Å². The molecule has 86 valence electrons. The molecule has 0 bridgehead atoms. The van der Waals surface area contributed by atoms with E-state index >= 15 is 0 Å². The van der Waals surface area contributed by atoms with E-state index in [1.54, 1.807) is 31.2 Å². The first-order valence-corrected chi connectivity index (χ1v) is 5.60. The lowest BCUT2D eigenvalue weighted by molar-refractivity contribution is 0.0653. The lowest BCUT2D eigenvalue weighted by atomic mass is 10.1. The summed E-state index contributed by atoms with van der Waals surface area (Å²) >= 11 is 0. The highest BCUT2D eigenvalue weighted by molar-refractivity contribution is 6.21. The Bertz CT molecular complexity index is 488. The van der Waals surface area contributed by atoms with E-state index in [0.717, 1.165) is 6.42 Å². The number of hydrogen-bond donors (Lipinski definition) is 0. The van der Waals surface area contributed by atoms with E-state index in [1.165, 1.54) is 4.90 Å². The second-order valence-electron chi connectivity index (χ2n) is 3.84. The topological polar surface area (TPSA) is 37.4 Å². The number of amides is 2. The number of fused-ring (bicyclic) bond motifs is 1. The van der Waals surface area contributed by atoms with E-state index in [-0.39, 0.29) is 11.8 Å². The van der Waals surface area contributed by atoms with Crippen molar-refractivity contribution in [3.8, 4) is 11.8 Å². The van der Waals surface area contributed by atoms with E-state index in [2.05, 4.69) is 11.8 Å². The monoisotopic (exact) mass is 227 g/mol. The van der Waals surface area contributed by atoms with Crippen LogP contribution >= 0.6 is 0 Å². The van der Waals surface area contributed by atoms with Crippen LogP contribution in [0.15, 0.2) is 24.3 Å². The molecule has 1 aliphatic rings. The number of benzene rings is 1. The molecule has 1 aromatic rings. The van der Waals surface area contributed by atoms with Gasteiger partial charge in [-0.25, -0.2) is 0 Å². The normalized spacial score (nSPS) is 13.4. The third-order valence-electron chi connectivity index (χ3n) is 2.74. The minimum Gasteiger partial charge on any atom is -0.274 e. The SMILES string of the molecule is CC#CCCCN1C(=O)c2ccccc2C1=O. The van der Waals surface area contributed by atoms with Gasteiger partial charge in [0.2, 0.25) is 0 Å². The van der Waals surface area contributed by atoms with Crippen LogP contribution in [-0.2, 0) is 0 Å². The summed E-state index contributed by atoms with van der Waals surface area (Å²) in [5, 5.41) is 0. The Labute approximate surface area is 100 Å². The molecule has 0 aromatic heterocycles. The Morgan fingerprint density at radius 1 is 1.12 bits per heavy atom. The average molecular weight is 227 g/mol. The molecule has 0 N–H and O–H groups in total. The molecule has 0 atom stereocenters. The summed E-state index contributed by atoms with van der Waals surface area (Å²) in [5.41, 5.74) is 1.03. The van der Waals surface area contributed by atoms with Gasteiger partial charge in [-0.15, -0.1) is 11.8 Å². The molecule has 1 aliphatic heterocycles. The van der Waals surface area contributed by atoms with Crippen LogP contribution in [0.1, 0.15) is 40.5 Å². The van der Waals surface area contributed by atoms with Crippen molar-refractivity contribution in [2.75, 3.05) is 6.54 Å². The van der Waals surface area contributed by atoms with Gasteiger partial charge in [-0.3, -0.25) is 14.5 Å². The van der Waals surface area contributed by atoms with Crippen molar-refractivity contribution in [2.24, 2.45) is 0 Å². The van der Waals surface area contributed by atoms with Crippen molar-refractivity contribution >= 4 is 11.8 Å². The average Bonchev–Trinajstić information content (AvgIpc) is 2.60. The van der Waals surface area contributed by atoms with E-state index in [4.69, 9.17) is 0 Å². The van der Waals surface area contributed by atoms with E-state index in [1.807, 2.05) is 0 Å². The molecule has 1 heterocycles. The van der Waals surface area contributed by atoms with Gasteiger partial charge in [0.1, 0.15) is 0 Å². The first-order chi connectivity index (χ1) is 8.25. The van der Waals surface area contributed by atoms with Crippen molar-refractivity contribution in [3.63, 3.8) is 0 Å². The van der Waals surface area contributed by atoms with Crippen LogP contribution in [0.3, 0.4) is 0 Å². The predicted octanol–water partition coefficient (Wildman–Crippen LogP) is 2.09. The summed E-state index contributed by atoms with van der Waals surface area (Å²) in [6, 6.07) is 6.94. The molecule has 0 saturated heterocycles. The molecule has 2 amide bonds. The van der Waals surface area contributed by atoms with Crippen molar-refractivity contribution < 1.29 is 9.59 Å². The zero-order chi connectivity index (χ0) is 12.3. The molecule has 1 aromatic carbocycles. The largest absolute Gasteiger partial charge is 0.274 e. The van der Waals surface area contributed by atoms with Crippen molar-refractivity contribution in [3.05, 3.63) is 35.4 Å². The minimum atomic E-state index is -0.185. The maximum absolute atomic E-state index is 11.9. The zero-order valence-electron chi connectivity index (χ0n) is 9.69. The van der Waals surface area contributed by atoms with Crippen LogP contribution in [0.25, 0.3) is 0 Å². The van der Waals surface area contributed by atoms with Gasteiger partial charge in [0.25, 0.3) is 11.8 Å². The maximum Gasteiger partial charge on any atom is 0.261 e. The van der Waals surface area contributed by atoms with Crippen LogP contribution in [0.5, 0.6) is 0 Å². The fraction of sp³-hybridized carbons (Fsp3) is 0.286. The van der Waals surface area contributed by atoms with Gasteiger partial charge in [0.15, 0.2) is 0 Å². The standard InChI is InChI=1S/C14H13NO2/c1-2-3-4-7-10-15-13(16)11-8-5-6-9-12(11)14(15)17/h5-6,8-9H,4,7,10H2,1H3. The molecule has 0 unspecified atom stereocenters. The molecule has 2 rings (SSSR count). The highest BCUT2D eigenvalue weighted by atomic mass is 16.2. The Morgan fingerprint density at radius 2 is 1.71 bits per heavy atom. The lowest BCUT2D eigenvalue weighted by Crippen LogP contribution is -2.30. The molecule has 0 fully saturated rings. The van der Waals surface area contributed by atoms with E-state index in [9.17, 15) is 9.59 Å². The first kappa shape index (κ1) is 11.4. The molecule has 3 heteroatoms. The van der Waals surface area contributed by atoms with Crippen molar-refractivity contribution in [2.45, 2.75) is 19.8 Å². The highest BCUT2D eigenvalue weighted by Gasteiger charge is 2.34. The van der Waals surface area contributed by atoms with Crippen LogP contribution < -0.4 is 0 Å². The minimum absolute atomic E-state index is 0.185. The fourth-order valence-corrected chi connectivity index (χ4v) is 1.89. The Morgan fingerprint density at radius 3 is 2.24 bits per heavy atom. The summed E-state index contributed by atoms with van der Waals surface area (Å²) in [6.07, 6.45) is 1.44. The maximum atomic E-state index is 11.9. The van der Waals surface area contributed by atoms with E-state index in [0.29, 0.717) is 24.1 Å². The van der Waals surface area contributed by atoms with Gasteiger partial charge in [-0.1, -0.05) is 12.1 Å². The lowest BCUT2D eigenvalue weighted by Gasteiger charge is -2.12. The number of imide groups is 1. The van der Waals surface area contributed by atoms with Crippen LogP contribution in [0.4, 0.5) is 0 Å². The third-order valence-corrected chi connectivity index (χ3v) is 2.74. The molecule has 0 saturated carbocycles.